The molecule has 1 fully saturated rings. The molecule has 2 aromatic carbocycles. The first-order chi connectivity index (χ1) is 14.7. The van der Waals surface area contributed by atoms with Crippen LogP contribution in [0.2, 0.25) is 0 Å². The van der Waals surface area contributed by atoms with Crippen LogP contribution >= 0.6 is 0 Å². The maximum Gasteiger partial charge on any atom is 0.327 e. The summed E-state index contributed by atoms with van der Waals surface area (Å²) in [6.07, 6.45) is 1.05. The monoisotopic (exact) mass is 425 g/mol. The number of benzene rings is 2. The molecule has 31 heavy (non-hydrogen) atoms. The molecular formula is C23H27N3O5. The standard InChI is InChI=1S/C23H27N3O5/c1-4-5-12-23(3)21(29)26(22(30)25-23)14-19(27)31-15(2)20(28)24-18-11-10-16-8-6-7-9-17(16)13-18/h6-11,13,15H,4-5,12,14H2,1-3H3,(H,24,28)(H,25,30)/t15-,23+/m1/s1. The summed E-state index contributed by atoms with van der Waals surface area (Å²) < 4.78 is 5.15. The molecule has 2 atom stereocenters. The van der Waals surface area contributed by atoms with Crippen molar-refractivity contribution >= 4 is 40.3 Å². The van der Waals surface area contributed by atoms with E-state index in [2.05, 4.69) is 10.6 Å². The van der Waals surface area contributed by atoms with Crippen molar-refractivity contribution in [3.63, 3.8) is 0 Å². The minimum atomic E-state index is -1.09. The lowest BCUT2D eigenvalue weighted by Crippen LogP contribution is -2.44. The number of fused-ring (bicyclic) bond motifs is 1. The van der Waals surface area contributed by atoms with Crippen LogP contribution in [0.1, 0.15) is 40.0 Å². The predicted molar refractivity (Wildman–Crippen MR) is 116 cm³/mol. The first-order valence-electron chi connectivity index (χ1n) is 10.4. The van der Waals surface area contributed by atoms with Gasteiger partial charge in [0.15, 0.2) is 6.10 Å². The molecular weight excluding hydrogens is 398 g/mol. The number of nitrogens with zero attached hydrogens (tertiary/aromatic N) is 1. The van der Waals surface area contributed by atoms with E-state index in [1.54, 1.807) is 13.0 Å². The molecule has 0 unspecified atom stereocenters. The van der Waals surface area contributed by atoms with E-state index >= 15 is 0 Å². The van der Waals surface area contributed by atoms with Crippen LogP contribution in [0.5, 0.6) is 0 Å². The van der Waals surface area contributed by atoms with Crippen molar-refractivity contribution in [1.29, 1.82) is 0 Å². The SMILES string of the molecule is CCCC[C@]1(C)NC(=O)N(CC(=O)O[C@H](C)C(=O)Nc2ccc3ccccc3c2)C1=O. The van der Waals surface area contributed by atoms with Crippen molar-refractivity contribution in [1.82, 2.24) is 10.2 Å². The van der Waals surface area contributed by atoms with Crippen LogP contribution < -0.4 is 10.6 Å². The molecule has 1 aliphatic rings. The zero-order chi connectivity index (χ0) is 22.6. The Hall–Kier alpha value is -3.42. The third-order valence-corrected chi connectivity index (χ3v) is 5.36. The van der Waals surface area contributed by atoms with E-state index in [1.807, 2.05) is 43.3 Å². The second-order valence-electron chi connectivity index (χ2n) is 7.94. The number of urea groups is 1. The van der Waals surface area contributed by atoms with Gasteiger partial charge in [0.2, 0.25) is 0 Å². The zero-order valence-corrected chi connectivity index (χ0v) is 17.9. The van der Waals surface area contributed by atoms with Crippen molar-refractivity contribution in [2.24, 2.45) is 0 Å². The van der Waals surface area contributed by atoms with Gasteiger partial charge in [-0.2, -0.15) is 0 Å². The van der Waals surface area contributed by atoms with Crippen molar-refractivity contribution < 1.29 is 23.9 Å². The van der Waals surface area contributed by atoms with Crippen LogP contribution in [0.4, 0.5) is 10.5 Å². The fraction of sp³-hybridized carbons (Fsp3) is 0.391. The van der Waals surface area contributed by atoms with Gasteiger partial charge in [0.25, 0.3) is 11.8 Å². The Morgan fingerprint density at radius 1 is 1.16 bits per heavy atom. The van der Waals surface area contributed by atoms with Gasteiger partial charge in [0.1, 0.15) is 12.1 Å². The molecule has 4 amide bonds. The number of carbonyl (C=O) groups is 4. The Morgan fingerprint density at radius 3 is 2.58 bits per heavy atom. The second-order valence-corrected chi connectivity index (χ2v) is 7.94. The molecule has 1 heterocycles. The fourth-order valence-corrected chi connectivity index (χ4v) is 3.52. The van der Waals surface area contributed by atoms with Gasteiger partial charge in [-0.05, 0) is 43.2 Å². The fourth-order valence-electron chi connectivity index (χ4n) is 3.52. The second kappa shape index (κ2) is 9.16. The van der Waals surface area contributed by atoms with E-state index < -0.39 is 42.0 Å². The summed E-state index contributed by atoms with van der Waals surface area (Å²) in [7, 11) is 0. The van der Waals surface area contributed by atoms with E-state index in [-0.39, 0.29) is 0 Å². The van der Waals surface area contributed by atoms with Gasteiger partial charge in [-0.25, -0.2) is 4.79 Å². The Morgan fingerprint density at radius 2 is 1.87 bits per heavy atom. The number of esters is 1. The van der Waals surface area contributed by atoms with E-state index in [0.717, 1.165) is 28.5 Å². The highest BCUT2D eigenvalue weighted by molar-refractivity contribution is 6.08. The number of hydrogen-bond donors (Lipinski definition) is 2. The maximum absolute atomic E-state index is 12.6. The number of unbranched alkanes of at least 4 members (excludes halogenated alkanes) is 1. The molecule has 3 rings (SSSR count). The minimum Gasteiger partial charge on any atom is -0.451 e. The third-order valence-electron chi connectivity index (χ3n) is 5.36. The number of ether oxygens (including phenoxy) is 1. The molecule has 0 bridgehead atoms. The summed E-state index contributed by atoms with van der Waals surface area (Å²) in [5, 5.41) is 7.36. The van der Waals surface area contributed by atoms with Crippen molar-refractivity contribution in [2.45, 2.75) is 51.7 Å². The smallest absolute Gasteiger partial charge is 0.327 e. The quantitative estimate of drug-likeness (QED) is 0.499. The normalized spacial score (nSPS) is 19.3. The number of rotatable bonds is 8. The first kappa shape index (κ1) is 22.3. The number of amides is 4. The van der Waals surface area contributed by atoms with Crippen LogP contribution in [0.25, 0.3) is 10.8 Å². The van der Waals surface area contributed by atoms with Crippen LogP contribution in [-0.2, 0) is 19.1 Å². The number of nitrogens with one attached hydrogen (secondary N) is 2. The number of hydrogen-bond acceptors (Lipinski definition) is 5. The number of anilines is 1. The van der Waals surface area contributed by atoms with Crippen molar-refractivity contribution in [3.8, 4) is 0 Å². The minimum absolute atomic E-state index is 0.462. The van der Waals surface area contributed by atoms with E-state index in [4.69, 9.17) is 4.74 Å². The topological polar surface area (TPSA) is 105 Å². The molecule has 2 N–H and O–H groups in total. The first-order valence-corrected chi connectivity index (χ1v) is 10.4. The molecule has 8 heteroatoms. The van der Waals surface area contributed by atoms with E-state index in [0.29, 0.717) is 12.1 Å². The third kappa shape index (κ3) is 5.02. The summed E-state index contributed by atoms with van der Waals surface area (Å²) in [4.78, 5) is 50.3. The van der Waals surface area contributed by atoms with Gasteiger partial charge in [-0.3, -0.25) is 19.3 Å². The van der Waals surface area contributed by atoms with Gasteiger partial charge in [-0.1, -0.05) is 50.1 Å². The Bertz CT molecular complexity index is 1020. The van der Waals surface area contributed by atoms with Gasteiger partial charge < -0.3 is 15.4 Å². The van der Waals surface area contributed by atoms with Gasteiger partial charge >= 0.3 is 12.0 Å². The number of imide groups is 1. The average Bonchev–Trinajstić information content (AvgIpc) is 2.95. The molecule has 0 aliphatic carbocycles. The van der Waals surface area contributed by atoms with Crippen LogP contribution in [0, 0.1) is 0 Å². The predicted octanol–water partition coefficient (Wildman–Crippen LogP) is 3.21. The van der Waals surface area contributed by atoms with Crippen LogP contribution in [-0.4, -0.2) is 46.9 Å². The molecule has 8 nitrogen and oxygen atoms in total. The van der Waals surface area contributed by atoms with Gasteiger partial charge in [0, 0.05) is 5.69 Å². The highest BCUT2D eigenvalue weighted by atomic mass is 16.5. The lowest BCUT2D eigenvalue weighted by atomic mass is 9.95. The zero-order valence-electron chi connectivity index (χ0n) is 17.9. The Balaban J connectivity index is 1.56. The lowest BCUT2D eigenvalue weighted by molar-refractivity contribution is -0.155. The summed E-state index contributed by atoms with van der Waals surface area (Å²) >= 11 is 0. The summed E-state index contributed by atoms with van der Waals surface area (Å²) in [5.41, 5.74) is -0.445. The van der Waals surface area contributed by atoms with Gasteiger partial charge in [-0.15, -0.1) is 0 Å². The summed E-state index contributed by atoms with van der Waals surface area (Å²) in [6, 6.07) is 12.6. The lowest BCUT2D eigenvalue weighted by Gasteiger charge is -2.21. The molecule has 1 aliphatic heterocycles. The molecule has 0 spiro atoms. The van der Waals surface area contributed by atoms with Crippen molar-refractivity contribution in [2.75, 3.05) is 11.9 Å². The Kier molecular flexibility index (Phi) is 6.58. The molecule has 2 aromatic rings. The molecule has 1 saturated heterocycles. The largest absolute Gasteiger partial charge is 0.451 e. The van der Waals surface area contributed by atoms with Gasteiger partial charge in [0.05, 0.1) is 0 Å². The summed E-state index contributed by atoms with van der Waals surface area (Å²) in [5.74, 6) is -1.80. The molecule has 164 valence electrons. The maximum atomic E-state index is 12.6. The average molecular weight is 425 g/mol. The highest BCUT2D eigenvalue weighted by Crippen LogP contribution is 2.23. The number of carbonyl (C=O) groups excluding carboxylic acids is 4. The van der Waals surface area contributed by atoms with Crippen molar-refractivity contribution in [3.05, 3.63) is 42.5 Å². The van der Waals surface area contributed by atoms with Crippen LogP contribution in [0.15, 0.2) is 42.5 Å². The van der Waals surface area contributed by atoms with Crippen LogP contribution in [0.3, 0.4) is 0 Å². The van der Waals surface area contributed by atoms with E-state index in [1.165, 1.54) is 6.92 Å². The summed E-state index contributed by atoms with van der Waals surface area (Å²) in [6.45, 7) is 4.53. The van der Waals surface area contributed by atoms with E-state index in [9.17, 15) is 19.2 Å². The highest BCUT2D eigenvalue weighted by Gasteiger charge is 2.48. The molecule has 0 radical (unpaired) electrons. The molecule has 0 saturated carbocycles. The molecule has 0 aromatic heterocycles. The Labute approximate surface area is 180 Å².